The van der Waals surface area contributed by atoms with Gasteiger partial charge in [-0.05, 0) is 62.8 Å². The van der Waals surface area contributed by atoms with E-state index in [9.17, 15) is 0 Å². The van der Waals surface area contributed by atoms with Gasteiger partial charge in [0.05, 0.1) is 0 Å². The van der Waals surface area contributed by atoms with Crippen molar-refractivity contribution in [2.45, 2.75) is 0 Å². The maximum Gasteiger partial charge on any atom is 0.138 e. The molecule has 0 amide bonds. The molecule has 0 radical (unpaired) electrons. The molecule has 0 fully saturated rings. The fourth-order valence-electron chi connectivity index (χ4n) is 4.22. The molecule has 0 saturated heterocycles. The van der Waals surface area contributed by atoms with Gasteiger partial charge in [0.15, 0.2) is 0 Å². The summed E-state index contributed by atoms with van der Waals surface area (Å²) in [5.41, 5.74) is 5.95. The summed E-state index contributed by atoms with van der Waals surface area (Å²) in [5, 5.41) is 8.88. The maximum atomic E-state index is 4.69. The summed E-state index contributed by atoms with van der Waals surface area (Å²) in [4.78, 5) is 4.69. The molecule has 142 valence electrons. The van der Waals surface area contributed by atoms with Gasteiger partial charge >= 0.3 is 0 Å². The highest BCUT2D eigenvalue weighted by atomic mass is 31.1. The number of nitrogens with one attached hydrogen (secondary N) is 1. The normalized spacial score (nSPS) is 12.9. The number of pyridine rings is 1. The fraction of sp³-hybridized carbons (Fsp3) is 0. The van der Waals surface area contributed by atoms with Gasteiger partial charge in [-0.15, -0.1) is 0 Å². The Bertz CT molecular complexity index is 1410. The first-order valence-corrected chi connectivity index (χ1v) is 11.1. The lowest BCUT2D eigenvalue weighted by Crippen LogP contribution is -2.12. The van der Waals surface area contributed by atoms with E-state index in [4.69, 9.17) is 0 Å². The van der Waals surface area contributed by atoms with Crippen molar-refractivity contribution in [3.8, 4) is 22.3 Å². The van der Waals surface area contributed by atoms with Crippen LogP contribution in [0.4, 0.5) is 11.5 Å². The molecule has 0 saturated carbocycles. The zero-order valence-electron chi connectivity index (χ0n) is 16.3. The summed E-state index contributed by atoms with van der Waals surface area (Å²) < 4.78 is 0. The lowest BCUT2D eigenvalue weighted by molar-refractivity contribution is 1.31. The second-order valence-electron chi connectivity index (χ2n) is 7.49. The van der Waals surface area contributed by atoms with Crippen LogP contribution in [0.5, 0.6) is 0 Å². The van der Waals surface area contributed by atoms with Crippen LogP contribution in [0.25, 0.3) is 33.0 Å². The third-order valence-corrected chi connectivity index (χ3v) is 7.04. The molecule has 0 spiro atoms. The highest BCUT2D eigenvalue weighted by Gasteiger charge is 2.18. The molecule has 1 unspecified atom stereocenters. The van der Waals surface area contributed by atoms with Gasteiger partial charge in [0, 0.05) is 23.0 Å². The third-order valence-electron chi connectivity index (χ3n) is 5.65. The number of rotatable bonds is 0. The van der Waals surface area contributed by atoms with Crippen LogP contribution in [-0.4, -0.2) is 4.98 Å². The zero-order valence-corrected chi connectivity index (χ0v) is 17.3. The van der Waals surface area contributed by atoms with Crippen molar-refractivity contribution >= 4 is 41.5 Å². The molecule has 0 bridgehead atoms. The molecule has 2 nitrogen and oxygen atoms in total. The van der Waals surface area contributed by atoms with Crippen LogP contribution in [0.2, 0.25) is 0 Å². The van der Waals surface area contributed by atoms with E-state index in [1.165, 1.54) is 38.1 Å². The SMILES string of the molecule is c1ccc2c(c1)Nc1ncccc1-c1ccccc1Pc1cc3ccccc3cc1-2. The monoisotopic (exact) mass is 402 g/mol. The van der Waals surface area contributed by atoms with Gasteiger partial charge in [0.1, 0.15) is 5.82 Å². The number of para-hydroxylation sites is 1. The van der Waals surface area contributed by atoms with Gasteiger partial charge in [-0.2, -0.15) is 0 Å². The molecule has 5 aromatic rings. The minimum atomic E-state index is 0.557. The predicted octanol–water partition coefficient (Wildman–Crippen LogP) is 6.26. The Labute approximate surface area is 177 Å². The van der Waals surface area contributed by atoms with Crippen molar-refractivity contribution in [3.05, 3.63) is 103 Å². The smallest absolute Gasteiger partial charge is 0.138 e. The molecule has 1 N–H and O–H groups in total. The zero-order chi connectivity index (χ0) is 19.9. The average molecular weight is 402 g/mol. The molecule has 1 aliphatic heterocycles. The molecule has 0 aliphatic carbocycles. The molecular formula is C27H19N2P. The maximum absolute atomic E-state index is 4.69. The summed E-state index contributed by atoms with van der Waals surface area (Å²) in [6.07, 6.45) is 1.85. The van der Waals surface area contributed by atoms with Crippen LogP contribution >= 0.6 is 8.58 Å². The molecule has 2 heterocycles. The van der Waals surface area contributed by atoms with Crippen molar-refractivity contribution in [1.29, 1.82) is 0 Å². The van der Waals surface area contributed by atoms with Crippen LogP contribution < -0.4 is 15.9 Å². The minimum Gasteiger partial charge on any atom is -0.339 e. The number of nitrogens with zero attached hydrogens (tertiary/aromatic N) is 1. The molecule has 1 aromatic heterocycles. The number of hydrogen-bond donors (Lipinski definition) is 1. The Balaban J connectivity index is 1.70. The lowest BCUT2D eigenvalue weighted by atomic mass is 9.99. The van der Waals surface area contributed by atoms with E-state index < -0.39 is 0 Å². The van der Waals surface area contributed by atoms with Crippen molar-refractivity contribution in [2.24, 2.45) is 0 Å². The van der Waals surface area contributed by atoms with Gasteiger partial charge < -0.3 is 5.32 Å². The first kappa shape index (κ1) is 17.4. The highest BCUT2D eigenvalue weighted by Crippen LogP contribution is 2.38. The largest absolute Gasteiger partial charge is 0.339 e. The summed E-state index contributed by atoms with van der Waals surface area (Å²) in [7, 11) is 0.557. The molecule has 30 heavy (non-hydrogen) atoms. The molecular weight excluding hydrogens is 383 g/mol. The molecule has 3 heteroatoms. The number of aromatic nitrogens is 1. The quantitative estimate of drug-likeness (QED) is 0.304. The topological polar surface area (TPSA) is 24.9 Å². The van der Waals surface area contributed by atoms with E-state index in [0.29, 0.717) is 8.58 Å². The van der Waals surface area contributed by atoms with Gasteiger partial charge in [-0.25, -0.2) is 4.98 Å². The summed E-state index contributed by atoms with van der Waals surface area (Å²) in [5.74, 6) is 0.895. The van der Waals surface area contributed by atoms with E-state index in [-0.39, 0.29) is 0 Å². The Morgan fingerprint density at radius 2 is 1.27 bits per heavy atom. The van der Waals surface area contributed by atoms with Gasteiger partial charge in [-0.3, -0.25) is 0 Å². The fourth-order valence-corrected chi connectivity index (χ4v) is 5.61. The Morgan fingerprint density at radius 1 is 0.567 bits per heavy atom. The van der Waals surface area contributed by atoms with Crippen molar-refractivity contribution in [3.63, 3.8) is 0 Å². The molecule has 6 rings (SSSR count). The second-order valence-corrected chi connectivity index (χ2v) is 8.81. The Kier molecular flexibility index (Phi) is 4.11. The molecule has 4 aromatic carbocycles. The molecule has 1 atom stereocenters. The number of fused-ring (bicyclic) bond motifs is 7. The number of hydrogen-bond acceptors (Lipinski definition) is 2. The van der Waals surface area contributed by atoms with Crippen molar-refractivity contribution in [1.82, 2.24) is 4.98 Å². The van der Waals surface area contributed by atoms with Crippen LogP contribution in [0.15, 0.2) is 103 Å². The van der Waals surface area contributed by atoms with Crippen LogP contribution in [-0.2, 0) is 0 Å². The van der Waals surface area contributed by atoms with E-state index in [0.717, 1.165) is 17.1 Å². The molecule has 1 aliphatic rings. The Hall–Kier alpha value is -3.48. The van der Waals surface area contributed by atoms with Crippen LogP contribution in [0, 0.1) is 0 Å². The van der Waals surface area contributed by atoms with Gasteiger partial charge in [0.25, 0.3) is 0 Å². The standard InChI is InChI=1S/C27H19N2P/c1-2-9-19-17-26-23(16-18(19)8-1)20-10-3-5-13-24(20)29-27-22(12-7-15-28-27)21-11-4-6-14-25(21)30-26/h1-17,30H,(H,28,29). The number of benzene rings is 4. The van der Waals surface area contributed by atoms with Gasteiger partial charge in [0.2, 0.25) is 0 Å². The van der Waals surface area contributed by atoms with E-state index in [1.54, 1.807) is 0 Å². The first-order valence-electron chi connectivity index (χ1n) is 10.1. The second kappa shape index (κ2) is 7.09. The minimum absolute atomic E-state index is 0.557. The lowest BCUT2D eigenvalue weighted by Gasteiger charge is -2.21. The highest BCUT2D eigenvalue weighted by molar-refractivity contribution is 7.56. The van der Waals surface area contributed by atoms with Crippen molar-refractivity contribution < 1.29 is 0 Å². The average Bonchev–Trinajstić information content (AvgIpc) is 2.80. The third kappa shape index (κ3) is 2.89. The summed E-state index contributed by atoms with van der Waals surface area (Å²) in [6, 6.07) is 34.7. The van der Waals surface area contributed by atoms with Gasteiger partial charge in [-0.1, -0.05) is 75.3 Å². The number of anilines is 2. The van der Waals surface area contributed by atoms with E-state index in [1.807, 2.05) is 12.3 Å². The van der Waals surface area contributed by atoms with Crippen LogP contribution in [0.3, 0.4) is 0 Å². The van der Waals surface area contributed by atoms with E-state index >= 15 is 0 Å². The summed E-state index contributed by atoms with van der Waals surface area (Å²) >= 11 is 0. The Morgan fingerprint density at radius 3 is 2.17 bits per heavy atom. The predicted molar refractivity (Wildman–Crippen MR) is 130 cm³/mol. The van der Waals surface area contributed by atoms with E-state index in [2.05, 4.69) is 101 Å². The summed E-state index contributed by atoms with van der Waals surface area (Å²) in [6.45, 7) is 0. The van der Waals surface area contributed by atoms with Crippen LogP contribution in [0.1, 0.15) is 0 Å². The van der Waals surface area contributed by atoms with Crippen molar-refractivity contribution in [2.75, 3.05) is 5.32 Å². The first-order chi connectivity index (χ1) is 14.9.